The molecule has 1 saturated carbocycles. The third-order valence-electron chi connectivity index (χ3n) is 3.72. The fourth-order valence-corrected chi connectivity index (χ4v) is 2.27. The summed E-state index contributed by atoms with van der Waals surface area (Å²) >= 11 is 0. The number of hydrogen-bond donors (Lipinski definition) is 1. The van der Waals surface area contributed by atoms with Gasteiger partial charge in [-0.2, -0.15) is 0 Å². The Balaban J connectivity index is 1.64. The predicted molar refractivity (Wildman–Crippen MR) is 66.7 cm³/mol. The molecule has 2 rings (SSSR count). The molecule has 1 unspecified atom stereocenters. The van der Waals surface area contributed by atoms with E-state index in [9.17, 15) is 0 Å². The summed E-state index contributed by atoms with van der Waals surface area (Å²) in [5.74, 6) is 0. The second kappa shape index (κ2) is 5.99. The van der Waals surface area contributed by atoms with Crippen LogP contribution in [0.4, 0.5) is 0 Å². The van der Waals surface area contributed by atoms with Crippen LogP contribution >= 0.6 is 0 Å². The molecule has 16 heavy (non-hydrogen) atoms. The zero-order chi connectivity index (χ0) is 11.4. The summed E-state index contributed by atoms with van der Waals surface area (Å²) in [4.78, 5) is 2.39. The van der Waals surface area contributed by atoms with E-state index in [0.717, 1.165) is 19.0 Å². The van der Waals surface area contributed by atoms with E-state index in [1.165, 1.54) is 38.8 Å². The third-order valence-corrected chi connectivity index (χ3v) is 3.72. The molecule has 94 valence electrons. The molecular formula is C13H26N2O. The molecule has 1 atom stereocenters. The normalized spacial score (nSPS) is 25.9. The number of hydrogen-bond acceptors (Lipinski definition) is 3. The Kier molecular flexibility index (Phi) is 4.62. The molecule has 1 aliphatic heterocycles. The highest BCUT2D eigenvalue weighted by atomic mass is 16.5. The Hall–Kier alpha value is -0.120. The Labute approximate surface area is 99.5 Å². The molecule has 2 aliphatic rings. The molecule has 0 aromatic rings. The first-order chi connectivity index (χ1) is 7.78. The molecule has 3 heteroatoms. The maximum Gasteiger partial charge on any atom is 0.0700 e. The zero-order valence-corrected chi connectivity index (χ0v) is 10.7. The van der Waals surface area contributed by atoms with Crippen molar-refractivity contribution in [3.05, 3.63) is 0 Å². The zero-order valence-electron chi connectivity index (χ0n) is 10.7. The van der Waals surface area contributed by atoms with Gasteiger partial charge in [0.1, 0.15) is 0 Å². The van der Waals surface area contributed by atoms with Crippen LogP contribution in [0.15, 0.2) is 0 Å². The number of nitrogens with zero attached hydrogens (tertiary/aromatic N) is 1. The van der Waals surface area contributed by atoms with Gasteiger partial charge in [-0.3, -0.25) is 0 Å². The lowest BCUT2D eigenvalue weighted by molar-refractivity contribution is -0.0399. The lowest BCUT2D eigenvalue weighted by Gasteiger charge is -2.31. The highest BCUT2D eigenvalue weighted by Gasteiger charge is 2.24. The van der Waals surface area contributed by atoms with Gasteiger partial charge in [0.2, 0.25) is 0 Å². The maximum atomic E-state index is 6.18. The van der Waals surface area contributed by atoms with E-state index in [-0.39, 0.29) is 0 Å². The lowest BCUT2D eigenvalue weighted by Crippen LogP contribution is -2.39. The first-order valence-corrected chi connectivity index (χ1v) is 6.85. The SMILES string of the molecule is CCC(CNC1CC1)OC1CCN(C)CC1. The second-order valence-electron chi connectivity index (χ2n) is 5.35. The highest BCUT2D eigenvalue weighted by molar-refractivity contribution is 4.82. The molecule has 0 aromatic carbocycles. The van der Waals surface area contributed by atoms with Crippen LogP contribution < -0.4 is 5.32 Å². The fourth-order valence-electron chi connectivity index (χ4n) is 2.27. The Morgan fingerprint density at radius 2 is 1.94 bits per heavy atom. The van der Waals surface area contributed by atoms with Gasteiger partial charge in [0, 0.05) is 25.7 Å². The van der Waals surface area contributed by atoms with Gasteiger partial charge in [-0.05, 0) is 39.2 Å². The van der Waals surface area contributed by atoms with Crippen LogP contribution in [0.25, 0.3) is 0 Å². The second-order valence-corrected chi connectivity index (χ2v) is 5.35. The van der Waals surface area contributed by atoms with Gasteiger partial charge >= 0.3 is 0 Å². The summed E-state index contributed by atoms with van der Waals surface area (Å²) in [5, 5.41) is 3.57. The van der Waals surface area contributed by atoms with Gasteiger partial charge in [0.15, 0.2) is 0 Å². The summed E-state index contributed by atoms with van der Waals surface area (Å²) in [7, 11) is 2.20. The van der Waals surface area contributed by atoms with Crippen molar-refractivity contribution >= 4 is 0 Å². The van der Waals surface area contributed by atoms with Crippen LogP contribution in [0.1, 0.15) is 39.0 Å². The first kappa shape index (κ1) is 12.3. The van der Waals surface area contributed by atoms with Crippen molar-refractivity contribution in [3.8, 4) is 0 Å². The summed E-state index contributed by atoms with van der Waals surface area (Å²) < 4.78 is 6.18. The van der Waals surface area contributed by atoms with Crippen molar-refractivity contribution in [1.29, 1.82) is 0 Å². The largest absolute Gasteiger partial charge is 0.374 e. The smallest absolute Gasteiger partial charge is 0.0700 e. The molecule has 0 amide bonds. The molecule has 1 saturated heterocycles. The van der Waals surface area contributed by atoms with Crippen molar-refractivity contribution in [2.24, 2.45) is 0 Å². The first-order valence-electron chi connectivity index (χ1n) is 6.85. The van der Waals surface area contributed by atoms with Gasteiger partial charge in [-0.15, -0.1) is 0 Å². The minimum absolute atomic E-state index is 0.425. The molecule has 0 bridgehead atoms. The molecule has 2 fully saturated rings. The van der Waals surface area contributed by atoms with Gasteiger partial charge in [-0.1, -0.05) is 6.92 Å². The van der Waals surface area contributed by atoms with Crippen molar-refractivity contribution in [2.75, 3.05) is 26.7 Å². The third kappa shape index (κ3) is 4.04. The van der Waals surface area contributed by atoms with Gasteiger partial charge in [0.25, 0.3) is 0 Å². The van der Waals surface area contributed by atoms with Gasteiger partial charge in [0.05, 0.1) is 12.2 Å². The minimum Gasteiger partial charge on any atom is -0.374 e. The Morgan fingerprint density at radius 3 is 2.50 bits per heavy atom. The van der Waals surface area contributed by atoms with E-state index in [2.05, 4.69) is 24.2 Å². The van der Waals surface area contributed by atoms with Crippen molar-refractivity contribution < 1.29 is 4.74 Å². The van der Waals surface area contributed by atoms with E-state index in [0.29, 0.717) is 12.2 Å². The number of likely N-dealkylation sites (tertiary alicyclic amines) is 1. The van der Waals surface area contributed by atoms with Crippen LogP contribution in [0.5, 0.6) is 0 Å². The molecule has 1 N–H and O–H groups in total. The van der Waals surface area contributed by atoms with Crippen LogP contribution in [0, 0.1) is 0 Å². The van der Waals surface area contributed by atoms with Crippen LogP contribution in [0.3, 0.4) is 0 Å². The van der Waals surface area contributed by atoms with E-state index in [1.54, 1.807) is 0 Å². The number of nitrogens with one attached hydrogen (secondary N) is 1. The number of rotatable bonds is 6. The topological polar surface area (TPSA) is 24.5 Å². The average Bonchev–Trinajstić information content (AvgIpc) is 3.11. The standard InChI is InChI=1S/C13H26N2O/c1-3-12(10-14-11-4-5-11)16-13-6-8-15(2)9-7-13/h11-14H,3-10H2,1-2H3. The maximum absolute atomic E-state index is 6.18. The van der Waals surface area contributed by atoms with Crippen LogP contribution in [0.2, 0.25) is 0 Å². The van der Waals surface area contributed by atoms with E-state index in [1.807, 2.05) is 0 Å². The minimum atomic E-state index is 0.425. The Bertz CT molecular complexity index is 198. The summed E-state index contributed by atoms with van der Waals surface area (Å²) in [6, 6.07) is 0.801. The van der Waals surface area contributed by atoms with E-state index >= 15 is 0 Å². The van der Waals surface area contributed by atoms with Crippen LogP contribution in [-0.4, -0.2) is 49.8 Å². The summed E-state index contributed by atoms with van der Waals surface area (Å²) in [5.41, 5.74) is 0. The van der Waals surface area contributed by atoms with Crippen molar-refractivity contribution in [2.45, 2.75) is 57.3 Å². The molecule has 0 radical (unpaired) electrons. The van der Waals surface area contributed by atoms with Crippen molar-refractivity contribution in [3.63, 3.8) is 0 Å². The highest BCUT2D eigenvalue weighted by Crippen LogP contribution is 2.20. The molecular weight excluding hydrogens is 200 g/mol. The lowest BCUT2D eigenvalue weighted by atomic mass is 10.1. The van der Waals surface area contributed by atoms with E-state index < -0.39 is 0 Å². The Morgan fingerprint density at radius 1 is 1.25 bits per heavy atom. The number of piperidine rings is 1. The fraction of sp³-hybridized carbons (Fsp3) is 1.00. The van der Waals surface area contributed by atoms with Gasteiger partial charge in [-0.25, -0.2) is 0 Å². The molecule has 1 aliphatic carbocycles. The molecule has 0 spiro atoms. The summed E-state index contributed by atoms with van der Waals surface area (Å²) in [6.45, 7) is 5.66. The van der Waals surface area contributed by atoms with E-state index in [4.69, 9.17) is 4.74 Å². The quantitative estimate of drug-likeness (QED) is 0.745. The predicted octanol–water partition coefficient (Wildman–Crippen LogP) is 1.63. The average molecular weight is 226 g/mol. The molecule has 3 nitrogen and oxygen atoms in total. The van der Waals surface area contributed by atoms with Crippen molar-refractivity contribution in [1.82, 2.24) is 10.2 Å². The number of ether oxygens (including phenoxy) is 1. The van der Waals surface area contributed by atoms with Crippen LogP contribution in [-0.2, 0) is 4.74 Å². The summed E-state index contributed by atoms with van der Waals surface area (Å²) in [6.07, 6.45) is 7.20. The molecule has 0 aromatic heterocycles. The monoisotopic (exact) mass is 226 g/mol. The molecule has 1 heterocycles. The van der Waals surface area contributed by atoms with Gasteiger partial charge < -0.3 is 15.0 Å².